The summed E-state index contributed by atoms with van der Waals surface area (Å²) in [5.74, 6) is 0.188. The molecule has 0 aliphatic carbocycles. The van der Waals surface area contributed by atoms with E-state index in [9.17, 15) is 8.78 Å². The van der Waals surface area contributed by atoms with Crippen molar-refractivity contribution in [3.05, 3.63) is 76.7 Å². The van der Waals surface area contributed by atoms with E-state index in [1.54, 1.807) is 22.9 Å². The van der Waals surface area contributed by atoms with Crippen LogP contribution in [0.25, 0.3) is 16.6 Å². The molecule has 5 rings (SSSR count). The van der Waals surface area contributed by atoms with Crippen LogP contribution in [0.4, 0.5) is 8.78 Å². The maximum Gasteiger partial charge on any atom is 0.152 e. The Morgan fingerprint density at radius 3 is 2.50 bits per heavy atom. The number of halogens is 2. The first-order chi connectivity index (χ1) is 17.5. The van der Waals surface area contributed by atoms with E-state index in [0.717, 1.165) is 66.0 Å². The van der Waals surface area contributed by atoms with Crippen LogP contribution >= 0.6 is 0 Å². The Morgan fingerprint density at radius 2 is 1.78 bits per heavy atom. The summed E-state index contributed by atoms with van der Waals surface area (Å²) in [6, 6.07) is 11.8. The van der Waals surface area contributed by atoms with Crippen molar-refractivity contribution in [2.75, 3.05) is 26.2 Å². The van der Waals surface area contributed by atoms with Gasteiger partial charge in [0.1, 0.15) is 22.8 Å². The zero-order chi connectivity index (χ0) is 25.2. The Labute approximate surface area is 209 Å². The summed E-state index contributed by atoms with van der Waals surface area (Å²) >= 11 is 0. The number of benzene rings is 2. The number of aromatic nitrogens is 4. The summed E-state index contributed by atoms with van der Waals surface area (Å²) in [4.78, 5) is 2.38. The van der Waals surface area contributed by atoms with Crippen LogP contribution < -0.4 is 4.74 Å². The zero-order valence-electron chi connectivity index (χ0n) is 21.0. The molecule has 0 N–H and O–H groups in total. The molecule has 1 aliphatic rings. The first kappa shape index (κ1) is 24.3. The van der Waals surface area contributed by atoms with Crippen LogP contribution in [0.15, 0.2) is 42.5 Å². The Balaban J connectivity index is 1.37. The van der Waals surface area contributed by atoms with Crippen LogP contribution in [0, 0.1) is 25.5 Å². The summed E-state index contributed by atoms with van der Waals surface area (Å²) in [5.41, 5.74) is 4.42. The zero-order valence-corrected chi connectivity index (χ0v) is 21.0. The van der Waals surface area contributed by atoms with Gasteiger partial charge < -0.3 is 9.64 Å². The second-order valence-corrected chi connectivity index (χ2v) is 9.40. The molecule has 4 aromatic rings. The van der Waals surface area contributed by atoms with Gasteiger partial charge in [0.2, 0.25) is 0 Å². The quantitative estimate of drug-likeness (QED) is 0.340. The second-order valence-electron chi connectivity index (χ2n) is 9.40. The molecule has 6 nitrogen and oxygen atoms in total. The molecular formula is C28H31F2N5O. The molecule has 1 saturated heterocycles. The van der Waals surface area contributed by atoms with Crippen LogP contribution in [0.5, 0.6) is 5.75 Å². The summed E-state index contributed by atoms with van der Waals surface area (Å²) < 4.78 is 36.0. The molecule has 0 radical (unpaired) electrons. The lowest BCUT2D eigenvalue weighted by atomic mass is 9.91. The highest BCUT2D eigenvalue weighted by Crippen LogP contribution is 2.34. The molecule has 1 aliphatic heterocycles. The maximum atomic E-state index is 15.0. The number of likely N-dealkylation sites (tertiary alicyclic amines) is 1. The molecule has 36 heavy (non-hydrogen) atoms. The Hall–Kier alpha value is -3.39. The number of hydrogen-bond donors (Lipinski definition) is 0. The predicted octanol–water partition coefficient (Wildman–Crippen LogP) is 5.53. The third kappa shape index (κ3) is 4.69. The van der Waals surface area contributed by atoms with Gasteiger partial charge in [-0.15, -0.1) is 0 Å². The summed E-state index contributed by atoms with van der Waals surface area (Å²) in [5, 5.41) is 14.8. The monoisotopic (exact) mass is 491 g/mol. The van der Waals surface area contributed by atoms with E-state index in [2.05, 4.69) is 15.1 Å². The van der Waals surface area contributed by atoms with Crippen LogP contribution in [0.2, 0.25) is 0 Å². The average molecular weight is 492 g/mol. The van der Waals surface area contributed by atoms with E-state index in [0.29, 0.717) is 24.5 Å². The van der Waals surface area contributed by atoms with E-state index in [1.807, 2.05) is 32.9 Å². The van der Waals surface area contributed by atoms with Gasteiger partial charge in [-0.3, -0.25) is 0 Å². The molecule has 0 amide bonds. The highest BCUT2D eigenvalue weighted by molar-refractivity contribution is 5.86. The van der Waals surface area contributed by atoms with Crippen molar-refractivity contribution in [2.24, 2.45) is 0 Å². The number of ether oxygens (including phenoxy) is 1. The van der Waals surface area contributed by atoms with Crippen LogP contribution in [0.3, 0.4) is 0 Å². The standard InChI is InChI=1S/C28H31F2N5O/c1-4-36-22-9-10-25(24(30)17-22)35-19(3)26-18(2)31-32-27(28(26)33-35)21-12-15-34(16-13-21)14-11-20-7-5-6-8-23(20)29/h5-10,17,21H,4,11-16H2,1-3H3. The normalized spacial score (nSPS) is 15.0. The summed E-state index contributed by atoms with van der Waals surface area (Å²) in [6.07, 6.45) is 2.55. The van der Waals surface area contributed by atoms with Crippen molar-refractivity contribution in [3.63, 3.8) is 0 Å². The van der Waals surface area contributed by atoms with Gasteiger partial charge in [-0.2, -0.15) is 15.3 Å². The van der Waals surface area contributed by atoms with E-state index in [4.69, 9.17) is 9.84 Å². The number of hydrogen-bond acceptors (Lipinski definition) is 5. The van der Waals surface area contributed by atoms with Gasteiger partial charge in [0, 0.05) is 23.9 Å². The van der Waals surface area contributed by atoms with Crippen molar-refractivity contribution < 1.29 is 13.5 Å². The largest absolute Gasteiger partial charge is 0.494 e. The predicted molar refractivity (Wildman–Crippen MR) is 136 cm³/mol. The molecule has 0 spiro atoms. The lowest BCUT2D eigenvalue weighted by Crippen LogP contribution is -2.34. The van der Waals surface area contributed by atoms with Gasteiger partial charge >= 0.3 is 0 Å². The van der Waals surface area contributed by atoms with Gasteiger partial charge in [0.15, 0.2) is 5.82 Å². The van der Waals surface area contributed by atoms with Gasteiger partial charge in [0.05, 0.1) is 23.7 Å². The molecule has 0 saturated carbocycles. The number of fused-ring (bicyclic) bond motifs is 1. The molecule has 188 valence electrons. The molecule has 2 aromatic carbocycles. The topological polar surface area (TPSA) is 56.1 Å². The molecule has 0 atom stereocenters. The van der Waals surface area contributed by atoms with E-state index in [-0.39, 0.29) is 17.6 Å². The van der Waals surface area contributed by atoms with E-state index in [1.165, 1.54) is 12.1 Å². The van der Waals surface area contributed by atoms with Crippen molar-refractivity contribution in [3.8, 4) is 11.4 Å². The number of piperidine rings is 1. The molecule has 0 unspecified atom stereocenters. The number of aryl methyl sites for hydroxylation is 2. The van der Waals surface area contributed by atoms with Crippen molar-refractivity contribution in [2.45, 2.75) is 46.0 Å². The molecule has 0 bridgehead atoms. The number of nitrogens with zero attached hydrogens (tertiary/aromatic N) is 5. The highest BCUT2D eigenvalue weighted by Gasteiger charge is 2.27. The van der Waals surface area contributed by atoms with Gasteiger partial charge in [-0.25, -0.2) is 13.5 Å². The van der Waals surface area contributed by atoms with Crippen LogP contribution in [0.1, 0.15) is 48.3 Å². The third-order valence-electron chi connectivity index (χ3n) is 7.12. The Bertz CT molecular complexity index is 1380. The molecule has 2 aromatic heterocycles. The number of rotatable bonds is 7. The summed E-state index contributed by atoms with van der Waals surface area (Å²) in [7, 11) is 0. The molecular weight excluding hydrogens is 460 g/mol. The maximum absolute atomic E-state index is 15.0. The molecule has 3 heterocycles. The minimum atomic E-state index is -0.389. The fourth-order valence-corrected chi connectivity index (χ4v) is 5.18. The van der Waals surface area contributed by atoms with Gasteiger partial charge in [-0.1, -0.05) is 18.2 Å². The lowest BCUT2D eigenvalue weighted by Gasteiger charge is -2.31. The van der Waals surface area contributed by atoms with Gasteiger partial charge in [-0.05, 0) is 76.9 Å². The Morgan fingerprint density at radius 1 is 1.00 bits per heavy atom. The van der Waals surface area contributed by atoms with Crippen LogP contribution in [-0.2, 0) is 6.42 Å². The average Bonchev–Trinajstić information content (AvgIpc) is 3.22. The van der Waals surface area contributed by atoms with Crippen LogP contribution in [-0.4, -0.2) is 51.1 Å². The second kappa shape index (κ2) is 10.3. The SMILES string of the molecule is CCOc1ccc(-n2nc3c(C4CCN(CCc5ccccc5F)CC4)nnc(C)c3c2C)c(F)c1. The fraction of sp³-hybridized carbons (Fsp3) is 0.393. The van der Waals surface area contributed by atoms with Crippen molar-refractivity contribution >= 4 is 10.9 Å². The minimum absolute atomic E-state index is 0.139. The smallest absolute Gasteiger partial charge is 0.152 e. The molecule has 8 heteroatoms. The fourth-order valence-electron chi connectivity index (χ4n) is 5.18. The summed E-state index contributed by atoms with van der Waals surface area (Å²) in [6.45, 7) is 8.84. The van der Waals surface area contributed by atoms with E-state index < -0.39 is 0 Å². The first-order valence-corrected chi connectivity index (χ1v) is 12.6. The van der Waals surface area contributed by atoms with E-state index >= 15 is 0 Å². The van der Waals surface area contributed by atoms with Crippen molar-refractivity contribution in [1.82, 2.24) is 24.9 Å². The van der Waals surface area contributed by atoms with Gasteiger partial charge in [0.25, 0.3) is 0 Å². The lowest BCUT2D eigenvalue weighted by molar-refractivity contribution is 0.212. The molecule has 1 fully saturated rings. The Kier molecular flexibility index (Phi) is 6.96. The van der Waals surface area contributed by atoms with Crippen molar-refractivity contribution in [1.29, 1.82) is 0 Å². The highest BCUT2D eigenvalue weighted by atomic mass is 19.1. The first-order valence-electron chi connectivity index (χ1n) is 12.6. The minimum Gasteiger partial charge on any atom is -0.494 e. The third-order valence-corrected chi connectivity index (χ3v) is 7.12.